The van der Waals surface area contributed by atoms with Gasteiger partial charge >= 0.3 is 0 Å². The van der Waals surface area contributed by atoms with E-state index >= 15 is 0 Å². The van der Waals surface area contributed by atoms with Crippen molar-refractivity contribution in [2.45, 2.75) is 56.7 Å². The molecule has 1 unspecified atom stereocenters. The number of phenols is 1. The Hall–Kier alpha value is -1.84. The zero-order chi connectivity index (χ0) is 16.9. The van der Waals surface area contributed by atoms with Gasteiger partial charge in [0, 0.05) is 31.1 Å². The van der Waals surface area contributed by atoms with Crippen LogP contribution in [0.5, 0.6) is 5.75 Å². The summed E-state index contributed by atoms with van der Waals surface area (Å²) in [5.74, 6) is 0.428. The lowest BCUT2D eigenvalue weighted by Crippen LogP contribution is -2.65. The minimum Gasteiger partial charge on any atom is -0.508 e. The van der Waals surface area contributed by atoms with E-state index in [1.807, 2.05) is 6.07 Å². The molecule has 1 saturated carbocycles. The smallest absolute Gasteiger partial charge is 0.115 e. The molecule has 0 aromatic heterocycles. The first-order valence-corrected chi connectivity index (χ1v) is 9.64. The minimum absolute atomic E-state index is 0.248. The highest BCUT2D eigenvalue weighted by Gasteiger charge is 2.52. The summed E-state index contributed by atoms with van der Waals surface area (Å²) in [5, 5.41) is 15.3. The highest BCUT2D eigenvalue weighted by atomic mass is 16.3. The molecule has 0 spiro atoms. The lowest BCUT2D eigenvalue weighted by atomic mass is 9.60. The molecule has 3 atom stereocenters. The van der Waals surface area contributed by atoms with E-state index in [4.69, 9.17) is 0 Å². The van der Waals surface area contributed by atoms with Crippen LogP contribution in [0.3, 0.4) is 0 Å². The molecule has 1 saturated heterocycles. The van der Waals surface area contributed by atoms with Crippen molar-refractivity contribution in [1.82, 2.24) is 10.0 Å². The predicted molar refractivity (Wildman–Crippen MR) is 99.1 cm³/mol. The number of benzene rings is 2. The number of rotatable bonds is 2. The average Bonchev–Trinajstić information content (AvgIpc) is 2.65. The zero-order valence-corrected chi connectivity index (χ0v) is 14.7. The maximum Gasteiger partial charge on any atom is 0.115 e. The molecule has 2 bridgehead atoms. The quantitative estimate of drug-likeness (QED) is 0.891. The van der Waals surface area contributed by atoms with Gasteiger partial charge in [0.2, 0.25) is 0 Å². The SMILES string of the molecule is Oc1ccc2c(c1)[C@@]13CCCC[C@H]1N(C2)N(Cc1ccccc1)CC3. The molecule has 0 radical (unpaired) electrons. The second-order valence-electron chi connectivity index (χ2n) is 7.98. The lowest BCUT2D eigenvalue weighted by molar-refractivity contribution is -0.157. The molecule has 3 nitrogen and oxygen atoms in total. The second kappa shape index (κ2) is 5.86. The van der Waals surface area contributed by atoms with Crippen LogP contribution in [0.4, 0.5) is 0 Å². The molecule has 5 rings (SSSR count). The standard InChI is InChI=1S/C22H26N2O/c25-19-10-9-18-16-24-21-8-4-5-11-22(21,20(18)14-19)12-13-23(24)15-17-6-2-1-3-7-17/h1-3,6-7,9-10,14,21,25H,4-5,8,11-13,15-16H2/t21-,22+/m1/s1. The summed E-state index contributed by atoms with van der Waals surface area (Å²) in [6.07, 6.45) is 6.40. The average molecular weight is 334 g/mol. The molecular weight excluding hydrogens is 308 g/mol. The number of hydrogen-bond donors (Lipinski definition) is 1. The Bertz CT molecular complexity index is 775. The van der Waals surface area contributed by atoms with E-state index in [1.165, 1.54) is 48.8 Å². The Balaban J connectivity index is 1.54. The van der Waals surface area contributed by atoms with E-state index in [1.54, 1.807) is 0 Å². The number of hydrogen-bond acceptors (Lipinski definition) is 3. The lowest BCUT2D eigenvalue weighted by Gasteiger charge is -2.60. The van der Waals surface area contributed by atoms with Gasteiger partial charge in [-0.25, -0.2) is 10.0 Å². The minimum atomic E-state index is 0.248. The van der Waals surface area contributed by atoms with Crippen molar-refractivity contribution >= 4 is 0 Å². The first-order chi connectivity index (χ1) is 12.3. The van der Waals surface area contributed by atoms with Crippen molar-refractivity contribution in [2.75, 3.05) is 6.54 Å². The number of fused-ring (bicyclic) bond motifs is 1. The first-order valence-electron chi connectivity index (χ1n) is 9.64. The molecule has 25 heavy (non-hydrogen) atoms. The molecule has 2 fully saturated rings. The molecule has 3 heteroatoms. The third-order valence-electron chi connectivity index (χ3n) is 6.70. The van der Waals surface area contributed by atoms with Gasteiger partial charge in [0.1, 0.15) is 5.75 Å². The molecule has 0 amide bonds. The summed E-state index contributed by atoms with van der Waals surface area (Å²) in [6, 6.07) is 17.5. The van der Waals surface area contributed by atoms with E-state index in [9.17, 15) is 5.11 Å². The van der Waals surface area contributed by atoms with Crippen LogP contribution in [-0.4, -0.2) is 27.7 Å². The zero-order valence-electron chi connectivity index (χ0n) is 14.7. The normalized spacial score (nSPS) is 31.2. The third-order valence-corrected chi connectivity index (χ3v) is 6.70. The van der Waals surface area contributed by atoms with E-state index in [0.717, 1.165) is 19.6 Å². The van der Waals surface area contributed by atoms with Crippen LogP contribution in [0.2, 0.25) is 0 Å². The van der Waals surface area contributed by atoms with Gasteiger partial charge in [-0.15, -0.1) is 0 Å². The fraction of sp³-hybridized carbons (Fsp3) is 0.455. The van der Waals surface area contributed by atoms with Gasteiger partial charge in [0.15, 0.2) is 0 Å². The van der Waals surface area contributed by atoms with Crippen molar-refractivity contribution in [3.05, 3.63) is 65.2 Å². The predicted octanol–water partition coefficient (Wildman–Crippen LogP) is 4.21. The summed E-state index contributed by atoms with van der Waals surface area (Å²) in [6.45, 7) is 3.09. The van der Waals surface area contributed by atoms with Gasteiger partial charge in [0.25, 0.3) is 0 Å². The van der Waals surface area contributed by atoms with Crippen molar-refractivity contribution in [2.24, 2.45) is 0 Å². The second-order valence-corrected chi connectivity index (χ2v) is 7.98. The number of hydrazine groups is 1. The van der Waals surface area contributed by atoms with E-state index in [2.05, 4.69) is 52.5 Å². The van der Waals surface area contributed by atoms with Crippen molar-refractivity contribution in [3.63, 3.8) is 0 Å². The molecule has 3 aliphatic rings. The molecule has 130 valence electrons. The van der Waals surface area contributed by atoms with Crippen LogP contribution in [0.25, 0.3) is 0 Å². The third kappa shape index (κ3) is 2.41. The molecule has 1 aliphatic carbocycles. The Kier molecular flexibility index (Phi) is 3.61. The van der Waals surface area contributed by atoms with Crippen molar-refractivity contribution in [3.8, 4) is 5.75 Å². The highest BCUT2D eigenvalue weighted by molar-refractivity contribution is 5.44. The van der Waals surface area contributed by atoms with Crippen LogP contribution in [-0.2, 0) is 18.5 Å². The maximum absolute atomic E-state index is 10.1. The summed E-state index contributed by atoms with van der Waals surface area (Å²) in [5.41, 5.74) is 4.49. The van der Waals surface area contributed by atoms with Gasteiger partial charge in [0.05, 0.1) is 0 Å². The summed E-state index contributed by atoms with van der Waals surface area (Å²) < 4.78 is 0. The molecule has 2 heterocycles. The van der Waals surface area contributed by atoms with Crippen molar-refractivity contribution < 1.29 is 5.11 Å². The number of aromatic hydroxyl groups is 1. The number of nitrogens with zero attached hydrogens (tertiary/aromatic N) is 2. The maximum atomic E-state index is 10.1. The van der Waals surface area contributed by atoms with Crippen LogP contribution in [0, 0.1) is 0 Å². The van der Waals surface area contributed by atoms with E-state index < -0.39 is 0 Å². The fourth-order valence-electron chi connectivity index (χ4n) is 5.56. The highest BCUT2D eigenvalue weighted by Crippen LogP contribution is 2.52. The molecule has 2 aromatic rings. The monoisotopic (exact) mass is 334 g/mol. The number of phenolic OH excluding ortho intramolecular Hbond substituents is 1. The summed E-state index contributed by atoms with van der Waals surface area (Å²) in [7, 11) is 0. The molecule has 2 aromatic carbocycles. The van der Waals surface area contributed by atoms with Gasteiger partial charge < -0.3 is 5.11 Å². The summed E-state index contributed by atoms with van der Waals surface area (Å²) in [4.78, 5) is 0. The Labute approximate surface area is 149 Å². The molecule has 2 aliphatic heterocycles. The Morgan fingerprint density at radius 2 is 1.92 bits per heavy atom. The largest absolute Gasteiger partial charge is 0.508 e. The van der Waals surface area contributed by atoms with E-state index in [0.29, 0.717) is 11.8 Å². The summed E-state index contributed by atoms with van der Waals surface area (Å²) >= 11 is 0. The van der Waals surface area contributed by atoms with Gasteiger partial charge in [-0.05, 0) is 48.1 Å². The first kappa shape index (κ1) is 15.4. The molecule has 1 N–H and O–H groups in total. The Morgan fingerprint density at radius 3 is 2.80 bits per heavy atom. The van der Waals surface area contributed by atoms with E-state index in [-0.39, 0.29) is 5.41 Å². The fourth-order valence-corrected chi connectivity index (χ4v) is 5.56. The van der Waals surface area contributed by atoms with Crippen LogP contribution >= 0.6 is 0 Å². The topological polar surface area (TPSA) is 26.7 Å². The van der Waals surface area contributed by atoms with Gasteiger partial charge in [-0.1, -0.05) is 49.2 Å². The van der Waals surface area contributed by atoms with Crippen LogP contribution in [0.15, 0.2) is 48.5 Å². The van der Waals surface area contributed by atoms with Crippen LogP contribution < -0.4 is 0 Å². The molecular formula is C22H26N2O. The van der Waals surface area contributed by atoms with Gasteiger partial charge in [-0.3, -0.25) is 0 Å². The van der Waals surface area contributed by atoms with Crippen LogP contribution in [0.1, 0.15) is 48.8 Å². The van der Waals surface area contributed by atoms with Gasteiger partial charge in [-0.2, -0.15) is 0 Å². The van der Waals surface area contributed by atoms with Crippen molar-refractivity contribution in [1.29, 1.82) is 0 Å². The Morgan fingerprint density at radius 1 is 1.04 bits per heavy atom.